The number of hydrogen-bond donors (Lipinski definition) is 2. The van der Waals surface area contributed by atoms with Crippen molar-refractivity contribution in [1.82, 2.24) is 5.32 Å². The topological polar surface area (TPSA) is 64.3 Å². The number of carbonyl (C=O) groups is 1. The first-order chi connectivity index (χ1) is 16.2. The summed E-state index contributed by atoms with van der Waals surface area (Å²) in [5.41, 5.74) is 5.45. The highest BCUT2D eigenvalue weighted by Gasteiger charge is 1.99. The van der Waals surface area contributed by atoms with E-state index in [2.05, 4.69) is 19.2 Å². The van der Waals surface area contributed by atoms with Crippen LogP contribution in [0, 0.1) is 0 Å². The molecule has 0 aliphatic carbocycles. The van der Waals surface area contributed by atoms with Crippen LogP contribution in [0.3, 0.4) is 0 Å². The normalized spacial score (nSPS) is 10.7. The van der Waals surface area contributed by atoms with Gasteiger partial charge in [-0.3, -0.25) is 4.79 Å². The van der Waals surface area contributed by atoms with E-state index in [0.717, 1.165) is 13.0 Å². The number of hydrogen-bond acceptors (Lipinski definition) is 4. The van der Waals surface area contributed by atoms with Gasteiger partial charge >= 0.3 is 5.97 Å². The molecule has 0 aromatic rings. The van der Waals surface area contributed by atoms with E-state index < -0.39 is 0 Å². The van der Waals surface area contributed by atoms with E-state index >= 15 is 0 Å². The number of likely N-dealkylation sites (N-methyl/N-ethyl adjacent to an activating group) is 1. The monoisotopic (exact) mass is 470 g/mol. The maximum Gasteiger partial charge on any atom is 0.319 e. The fourth-order valence-electron chi connectivity index (χ4n) is 3.96. The minimum absolute atomic E-state index is 0.145. The predicted octanol–water partition coefficient (Wildman–Crippen LogP) is 8.32. The van der Waals surface area contributed by atoms with Gasteiger partial charge in [0.05, 0.1) is 13.2 Å². The van der Waals surface area contributed by atoms with E-state index in [9.17, 15) is 4.79 Å². The molecule has 0 spiro atoms. The maximum absolute atomic E-state index is 11.0. The zero-order valence-electron chi connectivity index (χ0n) is 23.1. The molecule has 0 aromatic carbocycles. The third-order valence-electron chi connectivity index (χ3n) is 6.14. The summed E-state index contributed by atoms with van der Waals surface area (Å²) >= 11 is 0. The van der Waals surface area contributed by atoms with Crippen molar-refractivity contribution in [2.24, 2.45) is 5.73 Å². The standard InChI is InChI=1S/C15H31NO2.C14H31N/c1-3-4-5-6-7-8-9-10-11-12-13-18-15(17)14-16-2;1-2-3-4-5-6-7-8-9-10-11-12-13-14-15/h16H,3-14H2,1-2H3;2-15H2,1H3. The predicted molar refractivity (Wildman–Crippen MR) is 147 cm³/mol. The minimum Gasteiger partial charge on any atom is -0.465 e. The molecule has 4 heteroatoms. The highest BCUT2D eigenvalue weighted by Crippen LogP contribution is 2.12. The Morgan fingerprint density at radius 2 is 0.909 bits per heavy atom. The molecule has 0 amide bonds. The molecule has 0 fully saturated rings. The molecule has 3 N–H and O–H groups in total. The van der Waals surface area contributed by atoms with Gasteiger partial charge in [0.2, 0.25) is 0 Å². The zero-order valence-corrected chi connectivity index (χ0v) is 23.1. The molecule has 4 nitrogen and oxygen atoms in total. The van der Waals surface area contributed by atoms with Crippen molar-refractivity contribution in [2.75, 3.05) is 26.7 Å². The SMILES string of the molecule is CCCCCCCCCCCCCCN.CCCCCCCCCCCCOC(=O)CNC. The third kappa shape index (κ3) is 36.1. The lowest BCUT2D eigenvalue weighted by molar-refractivity contribution is -0.142. The largest absolute Gasteiger partial charge is 0.465 e. The van der Waals surface area contributed by atoms with Crippen LogP contribution >= 0.6 is 0 Å². The molecule has 0 atom stereocenters. The molecule has 0 aliphatic rings. The summed E-state index contributed by atoms with van der Waals surface area (Å²) in [5, 5.41) is 2.78. The van der Waals surface area contributed by atoms with Crippen LogP contribution in [0.4, 0.5) is 0 Å². The first-order valence-electron chi connectivity index (χ1n) is 14.7. The van der Waals surface area contributed by atoms with Gasteiger partial charge in [0.1, 0.15) is 0 Å². The van der Waals surface area contributed by atoms with Crippen molar-refractivity contribution < 1.29 is 9.53 Å². The average Bonchev–Trinajstić information content (AvgIpc) is 2.81. The van der Waals surface area contributed by atoms with Crippen molar-refractivity contribution in [3.63, 3.8) is 0 Å². The van der Waals surface area contributed by atoms with E-state index in [4.69, 9.17) is 10.5 Å². The highest BCUT2D eigenvalue weighted by molar-refractivity contribution is 5.71. The molecule has 200 valence electrons. The van der Waals surface area contributed by atoms with Gasteiger partial charge in [0, 0.05) is 0 Å². The fraction of sp³-hybridized carbons (Fsp3) is 0.966. The van der Waals surface area contributed by atoms with Gasteiger partial charge in [-0.05, 0) is 26.4 Å². The number of unbranched alkanes of at least 4 members (excludes halogenated alkanes) is 20. The van der Waals surface area contributed by atoms with E-state index in [1.54, 1.807) is 7.05 Å². The molecule has 0 radical (unpaired) electrons. The second-order valence-electron chi connectivity index (χ2n) is 9.61. The number of esters is 1. The molecule has 0 aliphatic heterocycles. The zero-order chi connectivity index (χ0) is 24.7. The number of nitrogens with two attached hydrogens (primary N) is 1. The molecular weight excluding hydrogens is 408 g/mol. The Labute approximate surface area is 208 Å². The molecule has 0 heterocycles. The van der Waals surface area contributed by atoms with E-state index in [0.29, 0.717) is 13.2 Å². The van der Waals surface area contributed by atoms with E-state index in [-0.39, 0.29) is 5.97 Å². The fourth-order valence-corrected chi connectivity index (χ4v) is 3.96. The van der Waals surface area contributed by atoms with Gasteiger partial charge in [-0.1, -0.05) is 142 Å². The van der Waals surface area contributed by atoms with Crippen molar-refractivity contribution in [3.05, 3.63) is 0 Å². The van der Waals surface area contributed by atoms with E-state index in [1.165, 1.54) is 135 Å². The Kier molecular flexibility index (Phi) is 35.1. The lowest BCUT2D eigenvalue weighted by atomic mass is 10.1. The molecular formula is C29H62N2O2. The van der Waals surface area contributed by atoms with Crippen molar-refractivity contribution in [2.45, 2.75) is 155 Å². The lowest BCUT2D eigenvalue weighted by Crippen LogP contribution is -2.21. The van der Waals surface area contributed by atoms with Crippen LogP contribution in [0.25, 0.3) is 0 Å². The number of carbonyl (C=O) groups excluding carboxylic acids is 1. The van der Waals surface area contributed by atoms with Crippen LogP contribution in [0.15, 0.2) is 0 Å². The second-order valence-corrected chi connectivity index (χ2v) is 9.61. The van der Waals surface area contributed by atoms with Crippen LogP contribution in [-0.4, -0.2) is 32.7 Å². The Morgan fingerprint density at radius 3 is 1.24 bits per heavy atom. The molecule has 0 rings (SSSR count). The summed E-state index contributed by atoms with van der Waals surface area (Å²) in [4.78, 5) is 11.0. The van der Waals surface area contributed by atoms with Crippen LogP contribution in [0.1, 0.15) is 155 Å². The van der Waals surface area contributed by atoms with Crippen molar-refractivity contribution in [1.29, 1.82) is 0 Å². The van der Waals surface area contributed by atoms with Crippen LogP contribution in [0.2, 0.25) is 0 Å². The molecule has 0 aromatic heterocycles. The van der Waals surface area contributed by atoms with Gasteiger partial charge in [-0.25, -0.2) is 0 Å². The van der Waals surface area contributed by atoms with Crippen molar-refractivity contribution in [3.8, 4) is 0 Å². The van der Waals surface area contributed by atoms with Crippen LogP contribution in [0.5, 0.6) is 0 Å². The van der Waals surface area contributed by atoms with Gasteiger partial charge < -0.3 is 15.8 Å². The quantitative estimate of drug-likeness (QED) is 0.104. The summed E-state index contributed by atoms with van der Waals surface area (Å²) in [6.45, 7) is 6.30. The molecule has 0 bridgehead atoms. The Balaban J connectivity index is 0. The summed E-state index contributed by atoms with van der Waals surface area (Å²) in [6.07, 6.45) is 30.0. The highest BCUT2D eigenvalue weighted by atomic mass is 16.5. The third-order valence-corrected chi connectivity index (χ3v) is 6.14. The Hall–Kier alpha value is -0.610. The smallest absolute Gasteiger partial charge is 0.319 e. The first-order valence-corrected chi connectivity index (χ1v) is 14.7. The van der Waals surface area contributed by atoms with Crippen molar-refractivity contribution >= 4 is 5.97 Å². The average molecular weight is 471 g/mol. The van der Waals surface area contributed by atoms with Gasteiger partial charge in [-0.2, -0.15) is 0 Å². The maximum atomic E-state index is 11.0. The lowest BCUT2D eigenvalue weighted by Gasteiger charge is -2.04. The molecule has 0 unspecified atom stereocenters. The number of nitrogens with one attached hydrogen (secondary N) is 1. The van der Waals surface area contributed by atoms with Crippen LogP contribution in [-0.2, 0) is 9.53 Å². The molecule has 0 saturated heterocycles. The van der Waals surface area contributed by atoms with E-state index in [1.807, 2.05) is 0 Å². The van der Waals surface area contributed by atoms with Gasteiger partial charge in [0.15, 0.2) is 0 Å². The first kappa shape index (κ1) is 34.6. The summed E-state index contributed by atoms with van der Waals surface area (Å²) < 4.78 is 5.05. The summed E-state index contributed by atoms with van der Waals surface area (Å²) in [7, 11) is 1.75. The molecule has 0 saturated carbocycles. The number of ether oxygens (including phenoxy) is 1. The second kappa shape index (κ2) is 33.6. The Bertz CT molecular complexity index is 339. The summed E-state index contributed by atoms with van der Waals surface area (Å²) in [5.74, 6) is -0.145. The van der Waals surface area contributed by atoms with Crippen LogP contribution < -0.4 is 11.1 Å². The van der Waals surface area contributed by atoms with Gasteiger partial charge in [0.25, 0.3) is 0 Å². The molecule has 33 heavy (non-hydrogen) atoms. The number of rotatable bonds is 25. The minimum atomic E-state index is -0.145. The van der Waals surface area contributed by atoms with Gasteiger partial charge in [-0.15, -0.1) is 0 Å². The Morgan fingerprint density at radius 1 is 0.576 bits per heavy atom. The summed E-state index contributed by atoms with van der Waals surface area (Å²) in [6, 6.07) is 0.